The molecule has 1 N–H and O–H groups in total. The van der Waals surface area contributed by atoms with Gasteiger partial charge in [-0.3, -0.25) is 4.79 Å². The second-order valence-electron chi connectivity index (χ2n) is 5.98. The molecular formula is C19H17F3N4O2S. The van der Waals surface area contributed by atoms with E-state index in [1.807, 2.05) is 12.1 Å². The van der Waals surface area contributed by atoms with Gasteiger partial charge in [0.2, 0.25) is 5.91 Å². The largest absolute Gasteiger partial charge is 0.497 e. The zero-order valence-corrected chi connectivity index (χ0v) is 16.3. The van der Waals surface area contributed by atoms with Crippen molar-refractivity contribution in [1.29, 1.82) is 0 Å². The Morgan fingerprint density at radius 1 is 1.17 bits per heavy atom. The Bertz CT molecular complexity index is 1020. The van der Waals surface area contributed by atoms with E-state index in [0.29, 0.717) is 16.7 Å². The lowest BCUT2D eigenvalue weighted by Crippen LogP contribution is -2.18. The summed E-state index contributed by atoms with van der Waals surface area (Å²) < 4.78 is 46.0. The van der Waals surface area contributed by atoms with Crippen LogP contribution in [0.3, 0.4) is 0 Å². The highest BCUT2D eigenvalue weighted by Gasteiger charge is 2.33. The third-order valence-electron chi connectivity index (χ3n) is 4.00. The molecule has 10 heteroatoms. The van der Waals surface area contributed by atoms with E-state index >= 15 is 0 Å². The second kappa shape index (κ2) is 8.56. The first kappa shape index (κ1) is 20.7. The Hall–Kier alpha value is -3.01. The van der Waals surface area contributed by atoms with Gasteiger partial charge in [0.15, 0.2) is 11.0 Å². The number of hydrogen-bond donors (Lipinski definition) is 1. The number of ether oxygens (including phenoxy) is 1. The van der Waals surface area contributed by atoms with E-state index in [0.717, 1.165) is 23.4 Å². The van der Waals surface area contributed by atoms with Crippen molar-refractivity contribution in [2.45, 2.75) is 11.3 Å². The predicted octanol–water partition coefficient (Wildman–Crippen LogP) is 4.24. The lowest BCUT2D eigenvalue weighted by atomic mass is 10.1. The second-order valence-corrected chi connectivity index (χ2v) is 6.92. The van der Waals surface area contributed by atoms with Crippen molar-refractivity contribution in [2.75, 3.05) is 18.2 Å². The first-order valence-electron chi connectivity index (χ1n) is 8.42. The van der Waals surface area contributed by atoms with Crippen LogP contribution in [0.5, 0.6) is 5.75 Å². The minimum Gasteiger partial charge on any atom is -0.497 e. The topological polar surface area (TPSA) is 69.0 Å². The van der Waals surface area contributed by atoms with Crippen molar-refractivity contribution in [3.05, 3.63) is 54.1 Å². The third-order valence-corrected chi connectivity index (χ3v) is 5.02. The molecule has 1 amide bonds. The number of methoxy groups -OCH3 is 1. The number of para-hydroxylation sites is 1. The minimum atomic E-state index is -4.55. The van der Waals surface area contributed by atoms with Gasteiger partial charge in [-0.05, 0) is 24.3 Å². The van der Waals surface area contributed by atoms with Crippen molar-refractivity contribution >= 4 is 23.4 Å². The van der Waals surface area contributed by atoms with Gasteiger partial charge in [0, 0.05) is 12.6 Å². The third kappa shape index (κ3) is 4.89. The minimum absolute atomic E-state index is 0.115. The number of benzene rings is 2. The van der Waals surface area contributed by atoms with Gasteiger partial charge < -0.3 is 14.6 Å². The molecule has 1 heterocycles. The molecule has 3 aromatic rings. The molecule has 0 saturated heterocycles. The van der Waals surface area contributed by atoms with E-state index in [-0.39, 0.29) is 11.4 Å². The molecule has 2 aromatic carbocycles. The fraction of sp³-hybridized carbons (Fsp3) is 0.211. The van der Waals surface area contributed by atoms with Gasteiger partial charge in [-0.1, -0.05) is 36.0 Å². The molecule has 0 aliphatic rings. The fourth-order valence-electron chi connectivity index (χ4n) is 2.61. The number of amides is 1. The zero-order valence-electron chi connectivity index (χ0n) is 15.5. The van der Waals surface area contributed by atoms with E-state index in [9.17, 15) is 18.0 Å². The van der Waals surface area contributed by atoms with Gasteiger partial charge in [0.25, 0.3) is 0 Å². The summed E-state index contributed by atoms with van der Waals surface area (Å²) in [5.74, 6) is 0.560. The SMILES string of the molecule is COc1cccc(-c2nnc(SCC(=O)Nc3ccccc3C(F)(F)F)n2C)c1. The average Bonchev–Trinajstić information content (AvgIpc) is 3.06. The number of nitrogens with zero attached hydrogens (tertiary/aromatic N) is 3. The van der Waals surface area contributed by atoms with Crippen LogP contribution in [0.15, 0.2) is 53.7 Å². The first-order chi connectivity index (χ1) is 13.8. The lowest BCUT2D eigenvalue weighted by Gasteiger charge is -2.13. The Morgan fingerprint density at radius 2 is 1.93 bits per heavy atom. The van der Waals surface area contributed by atoms with Crippen LogP contribution in [0.4, 0.5) is 18.9 Å². The van der Waals surface area contributed by atoms with E-state index in [2.05, 4.69) is 15.5 Å². The predicted molar refractivity (Wildman–Crippen MR) is 104 cm³/mol. The molecule has 0 aliphatic heterocycles. The van der Waals surface area contributed by atoms with Crippen LogP contribution in [0, 0.1) is 0 Å². The molecule has 0 fully saturated rings. The summed E-state index contributed by atoms with van der Waals surface area (Å²) >= 11 is 1.08. The van der Waals surface area contributed by atoms with Gasteiger partial charge in [0.1, 0.15) is 5.75 Å². The molecule has 3 rings (SSSR count). The van der Waals surface area contributed by atoms with Crippen molar-refractivity contribution in [3.8, 4) is 17.1 Å². The molecule has 0 saturated carbocycles. The number of aromatic nitrogens is 3. The lowest BCUT2D eigenvalue weighted by molar-refractivity contribution is -0.137. The van der Waals surface area contributed by atoms with E-state index in [4.69, 9.17) is 4.74 Å². The van der Waals surface area contributed by atoms with Crippen LogP contribution in [0.2, 0.25) is 0 Å². The molecule has 6 nitrogen and oxygen atoms in total. The molecule has 0 atom stereocenters. The van der Waals surface area contributed by atoms with E-state index in [1.165, 1.54) is 18.2 Å². The Morgan fingerprint density at radius 3 is 2.66 bits per heavy atom. The van der Waals surface area contributed by atoms with Crippen LogP contribution < -0.4 is 10.1 Å². The first-order valence-corrected chi connectivity index (χ1v) is 9.41. The van der Waals surface area contributed by atoms with Crippen LogP contribution in [0.1, 0.15) is 5.56 Å². The number of carbonyl (C=O) groups is 1. The number of hydrogen-bond acceptors (Lipinski definition) is 5. The van der Waals surface area contributed by atoms with Crippen LogP contribution in [-0.2, 0) is 18.0 Å². The number of rotatable bonds is 6. The van der Waals surface area contributed by atoms with Crippen molar-refractivity contribution in [2.24, 2.45) is 7.05 Å². The molecule has 0 bridgehead atoms. The average molecular weight is 422 g/mol. The van der Waals surface area contributed by atoms with Gasteiger partial charge in [0.05, 0.1) is 24.1 Å². The zero-order chi connectivity index (χ0) is 21.0. The van der Waals surface area contributed by atoms with Crippen LogP contribution in [0.25, 0.3) is 11.4 Å². The highest BCUT2D eigenvalue weighted by atomic mass is 32.2. The van der Waals surface area contributed by atoms with Gasteiger partial charge in [-0.25, -0.2) is 0 Å². The van der Waals surface area contributed by atoms with E-state index in [1.54, 1.807) is 30.9 Å². The highest BCUT2D eigenvalue weighted by Crippen LogP contribution is 2.34. The number of halogens is 3. The van der Waals surface area contributed by atoms with Crippen molar-refractivity contribution in [1.82, 2.24) is 14.8 Å². The summed E-state index contributed by atoms with van der Waals surface area (Å²) in [7, 11) is 3.31. The maximum absolute atomic E-state index is 13.0. The summed E-state index contributed by atoms with van der Waals surface area (Å²) in [6.45, 7) is 0. The van der Waals surface area contributed by atoms with Crippen LogP contribution in [-0.4, -0.2) is 33.5 Å². The number of thioether (sulfide) groups is 1. The molecule has 0 spiro atoms. The summed E-state index contributed by atoms with van der Waals surface area (Å²) in [4.78, 5) is 12.2. The number of nitrogens with one attached hydrogen (secondary N) is 1. The van der Waals surface area contributed by atoms with Crippen molar-refractivity contribution in [3.63, 3.8) is 0 Å². The Kier molecular flexibility index (Phi) is 6.12. The molecular weight excluding hydrogens is 405 g/mol. The normalized spacial score (nSPS) is 11.3. The van der Waals surface area contributed by atoms with Gasteiger partial charge >= 0.3 is 6.18 Å². The smallest absolute Gasteiger partial charge is 0.418 e. The molecule has 0 aliphatic carbocycles. The molecule has 0 radical (unpaired) electrons. The summed E-state index contributed by atoms with van der Waals surface area (Å²) in [6.07, 6.45) is -4.55. The summed E-state index contributed by atoms with van der Waals surface area (Å²) in [5.41, 5.74) is -0.382. The number of alkyl halides is 3. The number of anilines is 1. The summed E-state index contributed by atoms with van der Waals surface area (Å²) in [5, 5.41) is 11.0. The molecule has 1 aromatic heterocycles. The standard InChI is InChI=1S/C19H17F3N4O2S/c1-26-17(12-6-5-7-13(10-12)28-2)24-25-18(26)29-11-16(27)23-15-9-4-3-8-14(15)19(20,21)22/h3-10H,11H2,1-2H3,(H,23,27). The quantitative estimate of drug-likeness (QED) is 0.602. The summed E-state index contributed by atoms with van der Waals surface area (Å²) in [6, 6.07) is 12.1. The number of carbonyl (C=O) groups excluding carboxylic acids is 1. The molecule has 29 heavy (non-hydrogen) atoms. The van der Waals surface area contributed by atoms with E-state index < -0.39 is 17.6 Å². The van der Waals surface area contributed by atoms with Crippen LogP contribution >= 0.6 is 11.8 Å². The highest BCUT2D eigenvalue weighted by molar-refractivity contribution is 7.99. The monoisotopic (exact) mass is 422 g/mol. The maximum atomic E-state index is 13.0. The molecule has 152 valence electrons. The Balaban J connectivity index is 1.68. The fourth-order valence-corrected chi connectivity index (χ4v) is 3.32. The van der Waals surface area contributed by atoms with Gasteiger partial charge in [-0.15, -0.1) is 10.2 Å². The Labute approximate surface area is 169 Å². The molecule has 0 unspecified atom stereocenters. The maximum Gasteiger partial charge on any atom is 0.418 e. The van der Waals surface area contributed by atoms with Gasteiger partial charge in [-0.2, -0.15) is 13.2 Å². The van der Waals surface area contributed by atoms with Crippen molar-refractivity contribution < 1.29 is 22.7 Å².